The second-order valence-corrected chi connectivity index (χ2v) is 9.31. The molecule has 0 radical (unpaired) electrons. The molecule has 2 amide bonds. The van der Waals surface area contributed by atoms with E-state index in [2.05, 4.69) is 5.32 Å². The number of carbonyl (C=O) groups excluding carboxylic acids is 2. The van der Waals surface area contributed by atoms with Crippen LogP contribution in [-0.2, 0) is 9.53 Å². The number of nitrogens with zero attached hydrogens (tertiary/aromatic N) is 1. The van der Waals surface area contributed by atoms with Crippen LogP contribution in [0.15, 0.2) is 0 Å². The first kappa shape index (κ1) is 18.1. The van der Waals surface area contributed by atoms with Crippen LogP contribution in [0.1, 0.15) is 45.4 Å². The minimum Gasteiger partial charge on any atom is -0.450 e. The van der Waals surface area contributed by atoms with Gasteiger partial charge in [-0.2, -0.15) is 0 Å². The molecule has 0 aromatic heterocycles. The summed E-state index contributed by atoms with van der Waals surface area (Å²) < 4.78 is 5.05. The fourth-order valence-corrected chi connectivity index (χ4v) is 6.48. The highest BCUT2D eigenvalue weighted by Gasteiger charge is 2.50. The number of hydrogen-bond acceptors (Lipinski definition) is 3. The quantitative estimate of drug-likeness (QED) is 0.754. The molecule has 6 heteroatoms. The van der Waals surface area contributed by atoms with E-state index in [1.54, 1.807) is 4.90 Å². The first-order valence-corrected chi connectivity index (χ1v) is 10.6. The monoisotopic (exact) mass is 364 g/mol. The van der Waals surface area contributed by atoms with Crippen LogP contribution in [0.4, 0.5) is 4.79 Å². The normalized spacial score (nSPS) is 36.2. The molecule has 2 N–H and O–H groups in total. The molecular formula is C20H34N3O3+. The van der Waals surface area contributed by atoms with Crippen molar-refractivity contribution >= 4 is 12.0 Å². The maximum Gasteiger partial charge on any atom is 0.410 e. The zero-order valence-electron chi connectivity index (χ0n) is 16.1. The third-order valence-electron chi connectivity index (χ3n) is 7.23. The Hall–Kier alpha value is -1.30. The van der Waals surface area contributed by atoms with Crippen molar-refractivity contribution in [2.24, 2.45) is 23.2 Å². The van der Waals surface area contributed by atoms with Gasteiger partial charge in [0.25, 0.3) is 5.91 Å². The Labute approximate surface area is 156 Å². The Bertz CT molecular complexity index is 507. The Morgan fingerprint density at radius 2 is 1.65 bits per heavy atom. The van der Waals surface area contributed by atoms with E-state index in [1.165, 1.54) is 43.4 Å². The molecule has 5 fully saturated rings. The lowest BCUT2D eigenvalue weighted by atomic mass is 9.49. The number of carbonyl (C=O) groups is 2. The van der Waals surface area contributed by atoms with E-state index in [9.17, 15) is 9.59 Å². The average Bonchev–Trinajstić information content (AvgIpc) is 2.60. The van der Waals surface area contributed by atoms with E-state index in [0.29, 0.717) is 31.7 Å². The maximum absolute atomic E-state index is 12.5. The Balaban J connectivity index is 1.20. The lowest BCUT2D eigenvalue weighted by Crippen LogP contribution is -3.15. The molecule has 0 aromatic rings. The molecule has 0 spiro atoms. The minimum atomic E-state index is -0.224. The molecule has 0 unspecified atom stereocenters. The molecule has 0 atom stereocenters. The van der Waals surface area contributed by atoms with Gasteiger partial charge in [-0.3, -0.25) is 9.69 Å². The van der Waals surface area contributed by atoms with Crippen molar-refractivity contribution in [3.05, 3.63) is 0 Å². The first-order chi connectivity index (χ1) is 12.5. The van der Waals surface area contributed by atoms with E-state index in [-0.39, 0.29) is 12.0 Å². The zero-order chi connectivity index (χ0) is 18.1. The predicted octanol–water partition coefficient (Wildman–Crippen LogP) is 0.676. The van der Waals surface area contributed by atoms with Crippen molar-refractivity contribution in [3.63, 3.8) is 0 Å². The van der Waals surface area contributed by atoms with Gasteiger partial charge < -0.3 is 15.0 Å². The molecule has 6 nitrogen and oxygen atoms in total. The SMILES string of the molecule is CCOC(=O)N1CC[NH+](CC(=O)NCC23CC4CC(CC(C4)C2)C3)CC1. The summed E-state index contributed by atoms with van der Waals surface area (Å²) in [7, 11) is 0. The van der Waals surface area contributed by atoms with Crippen LogP contribution in [0, 0.1) is 23.2 Å². The second kappa shape index (κ2) is 7.37. The van der Waals surface area contributed by atoms with Crippen molar-refractivity contribution in [1.82, 2.24) is 10.2 Å². The molecule has 26 heavy (non-hydrogen) atoms. The molecule has 1 aliphatic heterocycles. The van der Waals surface area contributed by atoms with Gasteiger partial charge in [-0.25, -0.2) is 4.79 Å². The molecule has 4 saturated carbocycles. The van der Waals surface area contributed by atoms with Crippen molar-refractivity contribution in [2.45, 2.75) is 45.4 Å². The largest absolute Gasteiger partial charge is 0.450 e. The highest BCUT2D eigenvalue weighted by Crippen LogP contribution is 2.59. The van der Waals surface area contributed by atoms with Crippen molar-refractivity contribution in [1.29, 1.82) is 0 Å². The topological polar surface area (TPSA) is 63.1 Å². The van der Waals surface area contributed by atoms with Crippen molar-refractivity contribution in [3.8, 4) is 0 Å². The Morgan fingerprint density at radius 3 is 2.19 bits per heavy atom. The summed E-state index contributed by atoms with van der Waals surface area (Å²) in [5.74, 6) is 2.97. The van der Waals surface area contributed by atoms with E-state index in [1.807, 2.05) is 6.92 Å². The lowest BCUT2D eigenvalue weighted by Gasteiger charge is -2.56. The van der Waals surface area contributed by atoms with Gasteiger partial charge in [0.1, 0.15) is 0 Å². The molecule has 4 bridgehead atoms. The fourth-order valence-electron chi connectivity index (χ4n) is 6.48. The standard InChI is InChI=1S/C20H33N3O3/c1-2-26-19(25)23-5-3-22(4-6-23)13-18(24)21-14-20-10-15-7-16(11-20)9-17(8-15)12-20/h15-17H,2-14H2,1H3,(H,21,24)/p+1. The van der Waals surface area contributed by atoms with E-state index in [4.69, 9.17) is 4.74 Å². The molecule has 1 heterocycles. The van der Waals surface area contributed by atoms with Gasteiger partial charge in [-0.1, -0.05) is 0 Å². The highest BCUT2D eigenvalue weighted by atomic mass is 16.6. The van der Waals surface area contributed by atoms with E-state index < -0.39 is 0 Å². The van der Waals surface area contributed by atoms with Crippen LogP contribution < -0.4 is 10.2 Å². The summed E-state index contributed by atoms with van der Waals surface area (Å²) in [5.41, 5.74) is 0.405. The second-order valence-electron chi connectivity index (χ2n) is 9.31. The maximum atomic E-state index is 12.5. The molecule has 1 saturated heterocycles. The van der Waals surface area contributed by atoms with Crippen LogP contribution in [0.3, 0.4) is 0 Å². The smallest absolute Gasteiger partial charge is 0.410 e. The predicted molar refractivity (Wildman–Crippen MR) is 97.8 cm³/mol. The summed E-state index contributed by atoms with van der Waals surface area (Å²) in [4.78, 5) is 27.3. The molecule has 5 aliphatic rings. The van der Waals surface area contributed by atoms with Gasteiger partial charge in [0, 0.05) is 6.54 Å². The van der Waals surface area contributed by atoms with Gasteiger partial charge in [0.2, 0.25) is 0 Å². The van der Waals surface area contributed by atoms with Gasteiger partial charge in [0.15, 0.2) is 6.54 Å². The van der Waals surface area contributed by atoms with Crippen LogP contribution in [0.25, 0.3) is 0 Å². The third-order valence-corrected chi connectivity index (χ3v) is 7.23. The zero-order valence-corrected chi connectivity index (χ0v) is 16.1. The van der Waals surface area contributed by atoms with Gasteiger partial charge in [0.05, 0.1) is 32.8 Å². The van der Waals surface area contributed by atoms with Crippen LogP contribution in [-0.4, -0.2) is 62.8 Å². The Morgan fingerprint density at radius 1 is 1.08 bits per heavy atom. The van der Waals surface area contributed by atoms with Crippen molar-refractivity contribution in [2.75, 3.05) is 45.9 Å². The van der Waals surface area contributed by atoms with Crippen LogP contribution in [0.2, 0.25) is 0 Å². The number of amides is 2. The van der Waals surface area contributed by atoms with E-state index in [0.717, 1.165) is 37.4 Å². The van der Waals surface area contributed by atoms with Crippen molar-refractivity contribution < 1.29 is 19.2 Å². The van der Waals surface area contributed by atoms with Gasteiger partial charge in [-0.15, -0.1) is 0 Å². The first-order valence-electron chi connectivity index (χ1n) is 10.6. The average molecular weight is 365 g/mol. The van der Waals surface area contributed by atoms with Gasteiger partial charge >= 0.3 is 6.09 Å². The molecule has 4 aliphatic carbocycles. The molecular weight excluding hydrogens is 330 g/mol. The summed E-state index contributed by atoms with van der Waals surface area (Å²) in [6.07, 6.45) is 8.13. The number of nitrogens with one attached hydrogen (secondary N) is 2. The number of ether oxygens (including phenoxy) is 1. The summed E-state index contributed by atoms with van der Waals surface area (Å²) in [6, 6.07) is 0. The minimum absolute atomic E-state index is 0.181. The molecule has 0 aromatic carbocycles. The summed E-state index contributed by atoms with van der Waals surface area (Å²) in [5, 5.41) is 3.28. The third kappa shape index (κ3) is 3.85. The summed E-state index contributed by atoms with van der Waals surface area (Å²) in [6.45, 7) is 6.66. The number of quaternary nitrogens is 1. The number of hydrogen-bond donors (Lipinski definition) is 2. The fraction of sp³-hybridized carbons (Fsp3) is 0.900. The molecule has 146 valence electrons. The van der Waals surface area contributed by atoms with Crippen LogP contribution >= 0.6 is 0 Å². The Kier molecular flexibility index (Phi) is 5.13. The number of rotatable bonds is 5. The van der Waals surface area contributed by atoms with Gasteiger partial charge in [-0.05, 0) is 68.6 Å². The summed E-state index contributed by atoms with van der Waals surface area (Å²) >= 11 is 0. The van der Waals surface area contributed by atoms with Crippen LogP contribution in [0.5, 0.6) is 0 Å². The molecule has 5 rings (SSSR count). The highest BCUT2D eigenvalue weighted by molar-refractivity contribution is 5.76. The lowest BCUT2D eigenvalue weighted by molar-refractivity contribution is -0.896. The number of piperazine rings is 1. The van der Waals surface area contributed by atoms with E-state index >= 15 is 0 Å².